The Bertz CT molecular complexity index is 405. The zero-order valence-electron chi connectivity index (χ0n) is 11.8. The van der Waals surface area contributed by atoms with Crippen LogP contribution in [-0.2, 0) is 13.5 Å². The molecule has 102 valence electrons. The van der Waals surface area contributed by atoms with Crippen LogP contribution >= 0.6 is 11.8 Å². The molecule has 2 rings (SSSR count). The first-order valence-corrected chi connectivity index (χ1v) is 7.69. The largest absolute Gasteiger partial charge is 0.394 e. The van der Waals surface area contributed by atoms with Crippen LogP contribution in [0.5, 0.6) is 0 Å². The van der Waals surface area contributed by atoms with Gasteiger partial charge in [0.1, 0.15) is 5.82 Å². The molecule has 1 aliphatic heterocycles. The second-order valence-electron chi connectivity index (χ2n) is 5.22. The Morgan fingerprint density at radius 2 is 1.94 bits per heavy atom. The Balaban J connectivity index is 2.26. The van der Waals surface area contributed by atoms with Crippen molar-refractivity contribution in [1.82, 2.24) is 9.78 Å². The van der Waals surface area contributed by atoms with Crippen LogP contribution in [-0.4, -0.2) is 33.4 Å². The molecule has 0 radical (unpaired) electrons. The molecule has 1 aromatic rings. The second kappa shape index (κ2) is 5.43. The number of hydrogen-bond donors (Lipinski definition) is 1. The van der Waals surface area contributed by atoms with E-state index in [-0.39, 0.29) is 0 Å². The Kier molecular flexibility index (Phi) is 4.10. The van der Waals surface area contributed by atoms with Gasteiger partial charge in [-0.3, -0.25) is 4.68 Å². The highest BCUT2D eigenvalue weighted by atomic mass is 32.2. The predicted octanol–water partition coefficient (Wildman–Crippen LogP) is 2.29. The lowest BCUT2D eigenvalue weighted by Gasteiger charge is -2.36. The Hall–Kier alpha value is -0.840. The number of nitrogen functional groups attached to an aromatic ring is 1. The van der Waals surface area contributed by atoms with Crippen LogP contribution in [0.3, 0.4) is 0 Å². The zero-order chi connectivity index (χ0) is 13.3. The summed E-state index contributed by atoms with van der Waals surface area (Å²) in [6.45, 7) is 8.85. The van der Waals surface area contributed by atoms with Crippen molar-refractivity contribution in [3.63, 3.8) is 0 Å². The van der Waals surface area contributed by atoms with Gasteiger partial charge in [-0.25, -0.2) is 0 Å². The fourth-order valence-corrected chi connectivity index (χ4v) is 4.06. The molecule has 5 heteroatoms. The number of nitrogens with zero attached hydrogens (tertiary/aromatic N) is 3. The van der Waals surface area contributed by atoms with Gasteiger partial charge in [0.25, 0.3) is 0 Å². The molecule has 1 aliphatic rings. The first-order valence-electron chi connectivity index (χ1n) is 6.74. The molecule has 0 spiro atoms. The van der Waals surface area contributed by atoms with E-state index in [0.29, 0.717) is 10.5 Å². The first-order chi connectivity index (χ1) is 8.52. The van der Waals surface area contributed by atoms with Crippen molar-refractivity contribution in [3.8, 4) is 0 Å². The highest BCUT2D eigenvalue weighted by molar-refractivity contribution is 8.00. The summed E-state index contributed by atoms with van der Waals surface area (Å²) in [4.78, 5) is 2.40. The van der Waals surface area contributed by atoms with Crippen LogP contribution in [0.4, 0.5) is 11.5 Å². The molecule has 0 amide bonds. The van der Waals surface area contributed by atoms with Crippen molar-refractivity contribution in [1.29, 1.82) is 0 Å². The third kappa shape index (κ3) is 2.60. The van der Waals surface area contributed by atoms with Crippen molar-refractivity contribution in [2.45, 2.75) is 44.1 Å². The summed E-state index contributed by atoms with van der Waals surface area (Å²) in [5.41, 5.74) is 8.21. The van der Waals surface area contributed by atoms with Crippen LogP contribution in [0.15, 0.2) is 0 Å². The predicted molar refractivity (Wildman–Crippen MR) is 80.3 cm³/mol. The van der Waals surface area contributed by atoms with E-state index in [1.165, 1.54) is 0 Å². The summed E-state index contributed by atoms with van der Waals surface area (Å²) in [6, 6.07) is 0. The molecule has 0 aliphatic carbocycles. The van der Waals surface area contributed by atoms with E-state index < -0.39 is 0 Å². The SMILES string of the molecule is CCCc1nn(C)c(N2CC(C)SC(C)C2)c1N. The second-order valence-corrected chi connectivity index (χ2v) is 7.10. The van der Waals surface area contributed by atoms with E-state index in [1.807, 2.05) is 11.7 Å². The van der Waals surface area contributed by atoms with Crippen LogP contribution in [0.25, 0.3) is 0 Å². The van der Waals surface area contributed by atoms with Crippen LogP contribution < -0.4 is 10.6 Å². The summed E-state index contributed by atoms with van der Waals surface area (Å²) in [6.07, 6.45) is 2.05. The molecule has 1 saturated heterocycles. The number of hydrogen-bond acceptors (Lipinski definition) is 4. The van der Waals surface area contributed by atoms with Gasteiger partial charge in [-0.2, -0.15) is 16.9 Å². The standard InChI is InChI=1S/C13H24N4S/c1-5-6-11-12(14)13(16(4)15-11)17-7-9(2)18-10(3)8-17/h9-10H,5-8,14H2,1-4H3. The van der Waals surface area contributed by atoms with Crippen molar-refractivity contribution in [2.24, 2.45) is 7.05 Å². The van der Waals surface area contributed by atoms with Gasteiger partial charge in [0.15, 0.2) is 0 Å². The van der Waals surface area contributed by atoms with Gasteiger partial charge >= 0.3 is 0 Å². The maximum absolute atomic E-state index is 6.28. The van der Waals surface area contributed by atoms with Gasteiger partial charge in [-0.1, -0.05) is 27.2 Å². The van der Waals surface area contributed by atoms with E-state index in [9.17, 15) is 0 Å². The maximum atomic E-state index is 6.28. The number of aryl methyl sites for hydroxylation is 2. The van der Waals surface area contributed by atoms with Crippen LogP contribution in [0, 0.1) is 0 Å². The minimum atomic E-state index is 0.651. The maximum Gasteiger partial charge on any atom is 0.150 e. The average Bonchev–Trinajstić information content (AvgIpc) is 2.53. The molecule has 2 atom stereocenters. The molecule has 1 aromatic heterocycles. The molecular weight excluding hydrogens is 244 g/mol. The lowest BCUT2D eigenvalue weighted by molar-refractivity contribution is 0.666. The molecule has 0 saturated carbocycles. The van der Waals surface area contributed by atoms with E-state index >= 15 is 0 Å². The third-order valence-corrected chi connectivity index (χ3v) is 4.56. The van der Waals surface area contributed by atoms with Gasteiger partial charge in [0.2, 0.25) is 0 Å². The minimum absolute atomic E-state index is 0.651. The number of aromatic nitrogens is 2. The summed E-state index contributed by atoms with van der Waals surface area (Å²) in [5.74, 6) is 1.11. The van der Waals surface area contributed by atoms with Crippen LogP contribution in [0.1, 0.15) is 32.9 Å². The molecule has 18 heavy (non-hydrogen) atoms. The van der Waals surface area contributed by atoms with Gasteiger partial charge < -0.3 is 10.6 Å². The first kappa shape index (κ1) is 13.6. The molecular formula is C13H24N4S. The fraction of sp³-hybridized carbons (Fsp3) is 0.769. The summed E-state index contributed by atoms with van der Waals surface area (Å²) >= 11 is 2.06. The van der Waals surface area contributed by atoms with Gasteiger partial charge in [-0.05, 0) is 6.42 Å². The van der Waals surface area contributed by atoms with Gasteiger partial charge in [0, 0.05) is 30.6 Å². The van der Waals surface area contributed by atoms with E-state index in [4.69, 9.17) is 5.73 Å². The van der Waals surface area contributed by atoms with Crippen LogP contribution in [0.2, 0.25) is 0 Å². The van der Waals surface area contributed by atoms with Crippen molar-refractivity contribution < 1.29 is 0 Å². The normalized spacial score (nSPS) is 24.6. The summed E-state index contributed by atoms with van der Waals surface area (Å²) in [5, 5.41) is 5.87. The molecule has 4 nitrogen and oxygen atoms in total. The highest BCUT2D eigenvalue weighted by Crippen LogP contribution is 2.33. The monoisotopic (exact) mass is 268 g/mol. The van der Waals surface area contributed by atoms with Gasteiger partial charge in [-0.15, -0.1) is 0 Å². The lowest BCUT2D eigenvalue weighted by Crippen LogP contribution is -2.41. The van der Waals surface area contributed by atoms with E-state index in [0.717, 1.165) is 43.1 Å². The number of anilines is 2. The lowest BCUT2D eigenvalue weighted by atomic mass is 10.2. The van der Waals surface area contributed by atoms with Crippen molar-refractivity contribution in [3.05, 3.63) is 5.69 Å². The van der Waals surface area contributed by atoms with Gasteiger partial charge in [0.05, 0.1) is 11.4 Å². The summed E-state index contributed by atoms with van der Waals surface area (Å²) < 4.78 is 1.95. The Labute approximate surface area is 114 Å². The number of nitrogens with two attached hydrogens (primary N) is 1. The molecule has 0 aromatic carbocycles. The Morgan fingerprint density at radius 1 is 1.33 bits per heavy atom. The quantitative estimate of drug-likeness (QED) is 0.913. The molecule has 2 unspecified atom stereocenters. The fourth-order valence-electron chi connectivity index (χ4n) is 2.73. The van der Waals surface area contributed by atoms with Crippen molar-refractivity contribution in [2.75, 3.05) is 23.7 Å². The third-order valence-electron chi connectivity index (χ3n) is 3.33. The van der Waals surface area contributed by atoms with Crippen molar-refractivity contribution >= 4 is 23.3 Å². The number of rotatable bonds is 3. The summed E-state index contributed by atoms with van der Waals surface area (Å²) in [7, 11) is 2.00. The molecule has 0 bridgehead atoms. The highest BCUT2D eigenvalue weighted by Gasteiger charge is 2.27. The zero-order valence-corrected chi connectivity index (χ0v) is 12.6. The van der Waals surface area contributed by atoms with E-state index in [1.54, 1.807) is 0 Å². The molecule has 2 N–H and O–H groups in total. The minimum Gasteiger partial charge on any atom is -0.394 e. The smallest absolute Gasteiger partial charge is 0.150 e. The Morgan fingerprint density at radius 3 is 2.50 bits per heavy atom. The topological polar surface area (TPSA) is 47.1 Å². The number of thioether (sulfide) groups is 1. The average molecular weight is 268 g/mol. The van der Waals surface area contributed by atoms with E-state index in [2.05, 4.69) is 42.5 Å². The molecule has 2 heterocycles. The molecule has 1 fully saturated rings.